The normalized spacial score (nSPS) is 13.0. The van der Waals surface area contributed by atoms with E-state index in [1.165, 1.54) is 0 Å². The molecule has 0 aliphatic rings. The molecule has 0 saturated carbocycles. The number of halogens is 1. The second-order valence-electron chi connectivity index (χ2n) is 12.5. The van der Waals surface area contributed by atoms with E-state index in [1.54, 1.807) is 0 Å². The third kappa shape index (κ3) is 15.3. The van der Waals surface area contributed by atoms with Gasteiger partial charge in [0.15, 0.2) is 11.9 Å². The van der Waals surface area contributed by atoms with Gasteiger partial charge in [0.25, 0.3) is 0 Å². The van der Waals surface area contributed by atoms with Gasteiger partial charge in [0, 0.05) is 24.0 Å². The Morgan fingerprint density at radius 3 is 1.66 bits per heavy atom. The fourth-order valence-electron chi connectivity index (χ4n) is 5.43. The van der Waals surface area contributed by atoms with Crippen molar-refractivity contribution in [2.45, 2.75) is 69.1 Å². The number of nitrogens with one attached hydrogen (secondary N) is 3. The molecule has 3 rings (SSSR count). The van der Waals surface area contributed by atoms with Crippen molar-refractivity contribution in [3.63, 3.8) is 0 Å². The molecule has 3 aromatic carbocycles. The summed E-state index contributed by atoms with van der Waals surface area (Å²) in [6.45, 7) is 0.552. The maximum Gasteiger partial charge on any atom is 0.243 e. The molecule has 0 bridgehead atoms. The van der Waals surface area contributed by atoms with Crippen LogP contribution < -0.4 is 50.4 Å². The molecule has 0 unspecified atom stereocenters. The second kappa shape index (κ2) is 21.8. The Bertz CT molecular complexity index is 1700. The molecule has 0 radical (unpaired) electrons. The van der Waals surface area contributed by atoms with Crippen molar-refractivity contribution in [3.8, 4) is 11.1 Å². The van der Waals surface area contributed by atoms with Gasteiger partial charge >= 0.3 is 0 Å². The Morgan fingerprint density at radius 1 is 0.566 bits per heavy atom. The van der Waals surface area contributed by atoms with E-state index in [4.69, 9.17) is 34.4 Å². The third-order valence-electron chi connectivity index (χ3n) is 8.27. The number of carbonyl (C=O) groups is 4. The maximum absolute atomic E-state index is 13.9. The number of rotatable bonds is 21. The molecule has 4 atom stereocenters. The molecular weight excluding hydrogens is 742 g/mol. The Hall–Kier alpha value is -5.48. The lowest BCUT2D eigenvalue weighted by atomic mass is 9.99. The van der Waals surface area contributed by atoms with Crippen LogP contribution >= 0.6 is 15.9 Å². The summed E-state index contributed by atoms with van der Waals surface area (Å²) in [6, 6.07) is 20.5. The maximum atomic E-state index is 13.9. The molecule has 4 amide bonds. The highest BCUT2D eigenvalue weighted by molar-refractivity contribution is 9.10. The summed E-state index contributed by atoms with van der Waals surface area (Å²) in [7, 11) is 0. The van der Waals surface area contributed by atoms with Crippen LogP contribution in [0.5, 0.6) is 0 Å². The Kier molecular flexibility index (Phi) is 17.2. The van der Waals surface area contributed by atoms with Crippen LogP contribution in [0, 0.1) is 0 Å². The van der Waals surface area contributed by atoms with E-state index in [1.807, 2.05) is 78.9 Å². The minimum absolute atomic E-state index is 0.0440. The van der Waals surface area contributed by atoms with Gasteiger partial charge in [-0.2, -0.15) is 0 Å². The molecular formula is C37H50BrN11O4. The smallest absolute Gasteiger partial charge is 0.243 e. The van der Waals surface area contributed by atoms with Crippen LogP contribution in [0.1, 0.15) is 43.2 Å². The van der Waals surface area contributed by atoms with Gasteiger partial charge in [-0.15, -0.1) is 0 Å². The van der Waals surface area contributed by atoms with Gasteiger partial charge in [0.1, 0.15) is 18.1 Å². The first-order chi connectivity index (χ1) is 25.3. The molecule has 3 aromatic rings. The average molecular weight is 793 g/mol. The SMILES string of the molecule is NC(=O)[C@H](CCCCN=C(N)N)NC(=O)[C@H](Cc1ccc(-c2ccccc2)cc1)NC(=O)[C@H](CCCN=C(N)N)NC(=O)[C@@H](N)Cc1ccc(Br)cc1. The first-order valence-corrected chi connectivity index (χ1v) is 18.1. The molecule has 0 aliphatic heterocycles. The Morgan fingerprint density at radius 2 is 1.06 bits per heavy atom. The lowest BCUT2D eigenvalue weighted by Crippen LogP contribution is -2.58. The van der Waals surface area contributed by atoms with Crippen LogP contribution in [0.15, 0.2) is 93.3 Å². The number of hydrogen-bond donors (Lipinski definition) is 9. The second-order valence-corrected chi connectivity index (χ2v) is 13.5. The lowest BCUT2D eigenvalue weighted by molar-refractivity contribution is -0.133. The van der Waals surface area contributed by atoms with Crippen LogP contribution in [0.3, 0.4) is 0 Å². The van der Waals surface area contributed by atoms with Gasteiger partial charge in [-0.05, 0) is 72.9 Å². The fraction of sp³-hybridized carbons (Fsp3) is 0.351. The monoisotopic (exact) mass is 791 g/mol. The number of carbonyl (C=O) groups excluding carboxylic acids is 4. The topological polar surface area (TPSA) is 285 Å². The van der Waals surface area contributed by atoms with Gasteiger partial charge in [-0.25, -0.2) is 0 Å². The number of nitrogens with zero attached hydrogens (tertiary/aromatic N) is 2. The van der Waals surface area contributed by atoms with Crippen LogP contribution in [0.4, 0.5) is 0 Å². The summed E-state index contributed by atoms with van der Waals surface area (Å²) in [5.41, 5.74) is 37.2. The van der Waals surface area contributed by atoms with Crippen molar-refractivity contribution in [1.29, 1.82) is 0 Å². The molecule has 0 spiro atoms. The summed E-state index contributed by atoms with van der Waals surface area (Å²) >= 11 is 3.39. The minimum Gasteiger partial charge on any atom is -0.370 e. The zero-order valence-electron chi connectivity index (χ0n) is 29.5. The predicted molar refractivity (Wildman–Crippen MR) is 211 cm³/mol. The minimum atomic E-state index is -1.15. The van der Waals surface area contributed by atoms with Gasteiger partial charge in [0.2, 0.25) is 23.6 Å². The van der Waals surface area contributed by atoms with E-state index in [0.717, 1.165) is 26.7 Å². The molecule has 15 nitrogen and oxygen atoms in total. The van der Waals surface area contributed by atoms with Gasteiger partial charge in [-0.1, -0.05) is 82.7 Å². The number of amides is 4. The standard InChI is InChI=1S/C37H50BrN11O4/c38-27-17-13-23(14-18-27)21-28(39)33(51)48-30(10-6-20-46-37(43)44)34(52)49-31(22-24-11-15-26(16-12-24)25-7-2-1-3-8-25)35(53)47-29(32(40)50)9-4-5-19-45-36(41)42/h1-3,7-8,11-18,28-31H,4-6,9-10,19-22,39H2,(H2,40,50)(H,47,53)(H,48,51)(H,49,52)(H4,41,42,45)(H4,43,44,46)/t28-,29-,30-,31-/m0/s1. The highest BCUT2D eigenvalue weighted by atomic mass is 79.9. The summed E-state index contributed by atoms with van der Waals surface area (Å²) in [6.07, 6.45) is 2.04. The van der Waals surface area contributed by atoms with Crippen molar-refractivity contribution in [2.24, 2.45) is 44.4 Å². The van der Waals surface area contributed by atoms with E-state index in [0.29, 0.717) is 25.8 Å². The van der Waals surface area contributed by atoms with Crippen molar-refractivity contribution in [3.05, 3.63) is 94.5 Å². The number of guanidine groups is 2. The first kappa shape index (κ1) is 41.9. The van der Waals surface area contributed by atoms with E-state index in [2.05, 4.69) is 41.9 Å². The molecule has 0 aliphatic carbocycles. The number of hydrogen-bond acceptors (Lipinski definition) is 7. The quantitative estimate of drug-likeness (QED) is 0.0416. The lowest BCUT2D eigenvalue weighted by Gasteiger charge is -2.26. The van der Waals surface area contributed by atoms with Gasteiger partial charge < -0.3 is 50.4 Å². The van der Waals surface area contributed by atoms with Crippen molar-refractivity contribution in [1.82, 2.24) is 16.0 Å². The van der Waals surface area contributed by atoms with E-state index in [-0.39, 0.29) is 44.1 Å². The van der Waals surface area contributed by atoms with Crippen molar-refractivity contribution in [2.75, 3.05) is 13.1 Å². The fourth-order valence-corrected chi connectivity index (χ4v) is 5.69. The number of primary amides is 1. The molecule has 0 heterocycles. The van der Waals surface area contributed by atoms with Crippen molar-refractivity contribution < 1.29 is 19.2 Å². The number of benzene rings is 3. The molecule has 0 fully saturated rings. The zero-order valence-corrected chi connectivity index (χ0v) is 31.1. The third-order valence-corrected chi connectivity index (χ3v) is 8.80. The number of nitrogens with two attached hydrogens (primary N) is 6. The molecule has 53 heavy (non-hydrogen) atoms. The van der Waals surface area contributed by atoms with Crippen LogP contribution in [0.2, 0.25) is 0 Å². The van der Waals surface area contributed by atoms with Crippen LogP contribution in [0.25, 0.3) is 11.1 Å². The van der Waals surface area contributed by atoms with E-state index >= 15 is 0 Å². The molecule has 284 valence electrons. The summed E-state index contributed by atoms with van der Waals surface area (Å²) in [4.78, 5) is 61.3. The molecule has 0 saturated heterocycles. The highest BCUT2D eigenvalue weighted by Crippen LogP contribution is 2.20. The van der Waals surface area contributed by atoms with Gasteiger partial charge in [-0.3, -0.25) is 29.2 Å². The van der Waals surface area contributed by atoms with E-state index in [9.17, 15) is 19.2 Å². The number of unbranched alkanes of at least 4 members (excludes halogenated alkanes) is 1. The summed E-state index contributed by atoms with van der Waals surface area (Å²) < 4.78 is 0.882. The Balaban J connectivity index is 1.83. The summed E-state index contributed by atoms with van der Waals surface area (Å²) in [5.74, 6) is -2.70. The average Bonchev–Trinajstić information content (AvgIpc) is 3.13. The number of aliphatic imine (C=N–C) groups is 2. The van der Waals surface area contributed by atoms with Crippen LogP contribution in [-0.4, -0.2) is 72.8 Å². The molecule has 16 heteroatoms. The van der Waals surface area contributed by atoms with Crippen molar-refractivity contribution >= 4 is 51.5 Å². The zero-order chi connectivity index (χ0) is 38.8. The van der Waals surface area contributed by atoms with Gasteiger partial charge in [0.05, 0.1) is 6.04 Å². The van der Waals surface area contributed by atoms with Crippen LogP contribution in [-0.2, 0) is 32.0 Å². The highest BCUT2D eigenvalue weighted by Gasteiger charge is 2.30. The molecule has 0 aromatic heterocycles. The molecule has 15 N–H and O–H groups in total. The predicted octanol–water partition coefficient (Wildman–Crippen LogP) is 0.666. The first-order valence-electron chi connectivity index (χ1n) is 17.3. The summed E-state index contributed by atoms with van der Waals surface area (Å²) in [5, 5.41) is 8.25. The Labute approximate surface area is 317 Å². The largest absolute Gasteiger partial charge is 0.370 e. The van der Waals surface area contributed by atoms with E-state index < -0.39 is 47.8 Å².